The van der Waals surface area contributed by atoms with E-state index in [0.29, 0.717) is 12.2 Å². The highest BCUT2D eigenvalue weighted by atomic mass is 16.6. The number of alkyl carbamates (subject to hydrolysis) is 1. The quantitative estimate of drug-likeness (QED) is 0.505. The highest BCUT2D eigenvalue weighted by Crippen LogP contribution is 2.18. The zero-order chi connectivity index (χ0) is 24.3. The molecule has 33 heavy (non-hydrogen) atoms. The van der Waals surface area contributed by atoms with Crippen molar-refractivity contribution in [2.75, 3.05) is 18.5 Å². The van der Waals surface area contributed by atoms with Gasteiger partial charge in [-0.05, 0) is 56.5 Å². The van der Waals surface area contributed by atoms with E-state index in [-0.39, 0.29) is 31.4 Å². The number of carbonyl (C=O) groups excluding carboxylic acids is 3. The van der Waals surface area contributed by atoms with Gasteiger partial charge >= 0.3 is 6.09 Å². The highest BCUT2D eigenvalue weighted by molar-refractivity contribution is 5.91. The molecule has 0 heterocycles. The summed E-state index contributed by atoms with van der Waals surface area (Å²) in [5.41, 5.74) is 2.00. The third kappa shape index (κ3) is 10.1. The van der Waals surface area contributed by atoms with Crippen molar-refractivity contribution in [3.63, 3.8) is 0 Å². The zero-order valence-corrected chi connectivity index (χ0v) is 19.7. The Balaban J connectivity index is 1.69. The second-order valence-corrected chi connectivity index (χ2v) is 8.45. The third-order valence-corrected chi connectivity index (χ3v) is 4.46. The number of hydrogen-bond donors (Lipinski definition) is 3. The highest BCUT2D eigenvalue weighted by Gasteiger charge is 2.16. The Morgan fingerprint density at radius 2 is 1.61 bits per heavy atom. The van der Waals surface area contributed by atoms with E-state index in [1.54, 1.807) is 32.9 Å². The summed E-state index contributed by atoms with van der Waals surface area (Å²) in [5, 5.41) is 8.13. The van der Waals surface area contributed by atoms with Crippen molar-refractivity contribution in [2.45, 2.75) is 52.7 Å². The van der Waals surface area contributed by atoms with Crippen molar-refractivity contribution in [3.8, 4) is 5.75 Å². The maximum absolute atomic E-state index is 12.1. The van der Waals surface area contributed by atoms with Crippen LogP contribution < -0.4 is 20.7 Å². The molecule has 0 spiro atoms. The van der Waals surface area contributed by atoms with E-state index in [1.807, 2.05) is 43.3 Å². The van der Waals surface area contributed by atoms with Gasteiger partial charge in [-0.1, -0.05) is 37.3 Å². The zero-order valence-electron chi connectivity index (χ0n) is 19.7. The molecule has 2 rings (SSSR count). The number of amides is 3. The van der Waals surface area contributed by atoms with Crippen LogP contribution >= 0.6 is 0 Å². The normalized spacial score (nSPS) is 10.8. The van der Waals surface area contributed by atoms with Crippen LogP contribution in [0.2, 0.25) is 0 Å². The fourth-order valence-corrected chi connectivity index (χ4v) is 2.85. The molecule has 2 aromatic rings. The molecule has 0 aliphatic heterocycles. The number of anilines is 1. The van der Waals surface area contributed by atoms with Gasteiger partial charge in [-0.3, -0.25) is 9.59 Å². The minimum absolute atomic E-state index is 0.0531. The Labute approximate surface area is 195 Å². The lowest BCUT2D eigenvalue weighted by Gasteiger charge is -2.19. The first-order chi connectivity index (χ1) is 15.7. The summed E-state index contributed by atoms with van der Waals surface area (Å²) in [5.74, 6) is 0.281. The molecule has 0 aliphatic rings. The van der Waals surface area contributed by atoms with Gasteiger partial charge in [0.15, 0.2) is 6.61 Å². The lowest BCUT2D eigenvalue weighted by atomic mass is 10.1. The maximum atomic E-state index is 12.1. The Morgan fingerprint density at radius 1 is 0.909 bits per heavy atom. The first-order valence-electron chi connectivity index (χ1n) is 11.0. The van der Waals surface area contributed by atoms with Gasteiger partial charge in [-0.25, -0.2) is 4.79 Å². The molecule has 8 heteroatoms. The smallest absolute Gasteiger partial charge is 0.407 e. The van der Waals surface area contributed by atoms with Gasteiger partial charge in [0.1, 0.15) is 11.4 Å². The van der Waals surface area contributed by atoms with Gasteiger partial charge in [-0.2, -0.15) is 0 Å². The number of rotatable bonds is 10. The summed E-state index contributed by atoms with van der Waals surface area (Å²) in [6.45, 7) is 7.83. The van der Waals surface area contributed by atoms with Crippen molar-refractivity contribution in [2.24, 2.45) is 0 Å². The number of aryl methyl sites for hydroxylation is 1. The Hall–Kier alpha value is -3.55. The molecule has 0 aromatic heterocycles. The van der Waals surface area contributed by atoms with Gasteiger partial charge < -0.3 is 25.4 Å². The van der Waals surface area contributed by atoms with Crippen molar-refractivity contribution < 1.29 is 23.9 Å². The molecular formula is C25H33N3O5. The van der Waals surface area contributed by atoms with Gasteiger partial charge in [0.05, 0.1) is 0 Å². The van der Waals surface area contributed by atoms with E-state index in [1.165, 1.54) is 0 Å². The Kier molecular flexibility index (Phi) is 9.72. The number of para-hydroxylation sites is 1. The standard InChI is InChI=1S/C25H33N3O5/c1-5-19-8-6-7-9-21(19)32-17-23(30)27-16-18-10-12-20(13-11-18)28-22(29)14-15-26-24(31)33-25(2,3)4/h6-13H,5,14-17H2,1-4H3,(H,26,31)(H,27,30)(H,28,29). The lowest BCUT2D eigenvalue weighted by molar-refractivity contribution is -0.123. The number of ether oxygens (including phenoxy) is 2. The van der Waals surface area contributed by atoms with Crippen molar-refractivity contribution >= 4 is 23.6 Å². The molecule has 0 fully saturated rings. The molecule has 8 nitrogen and oxygen atoms in total. The monoisotopic (exact) mass is 455 g/mol. The Morgan fingerprint density at radius 3 is 2.27 bits per heavy atom. The lowest BCUT2D eigenvalue weighted by Crippen LogP contribution is -2.34. The molecule has 3 N–H and O–H groups in total. The first-order valence-corrected chi connectivity index (χ1v) is 11.0. The van der Waals surface area contributed by atoms with Crippen LogP contribution in [0.3, 0.4) is 0 Å². The van der Waals surface area contributed by atoms with Gasteiger partial charge in [0.2, 0.25) is 5.91 Å². The molecule has 0 aliphatic carbocycles. The fraction of sp³-hybridized carbons (Fsp3) is 0.400. The molecule has 0 saturated heterocycles. The predicted octanol–water partition coefficient (Wildman–Crippen LogP) is 3.80. The Bertz CT molecular complexity index is 936. The van der Waals surface area contributed by atoms with Crippen LogP contribution in [0.5, 0.6) is 5.75 Å². The second-order valence-electron chi connectivity index (χ2n) is 8.45. The van der Waals surface area contributed by atoms with Crippen LogP contribution in [0.1, 0.15) is 45.2 Å². The van der Waals surface area contributed by atoms with E-state index in [0.717, 1.165) is 23.3 Å². The van der Waals surface area contributed by atoms with Crippen LogP contribution in [0, 0.1) is 0 Å². The molecule has 0 radical (unpaired) electrons. The summed E-state index contributed by atoms with van der Waals surface area (Å²) < 4.78 is 10.7. The summed E-state index contributed by atoms with van der Waals surface area (Å²) in [6.07, 6.45) is 0.403. The minimum Gasteiger partial charge on any atom is -0.483 e. The summed E-state index contributed by atoms with van der Waals surface area (Å²) >= 11 is 0. The van der Waals surface area contributed by atoms with Crippen LogP contribution in [-0.4, -0.2) is 36.7 Å². The van der Waals surface area contributed by atoms with Crippen LogP contribution in [-0.2, 0) is 27.3 Å². The van der Waals surface area contributed by atoms with Gasteiger partial charge in [0.25, 0.3) is 5.91 Å². The summed E-state index contributed by atoms with van der Waals surface area (Å²) in [7, 11) is 0. The number of nitrogens with one attached hydrogen (secondary N) is 3. The fourth-order valence-electron chi connectivity index (χ4n) is 2.85. The van der Waals surface area contributed by atoms with E-state index < -0.39 is 11.7 Å². The number of hydrogen-bond acceptors (Lipinski definition) is 5. The predicted molar refractivity (Wildman–Crippen MR) is 127 cm³/mol. The SMILES string of the molecule is CCc1ccccc1OCC(=O)NCc1ccc(NC(=O)CCNC(=O)OC(C)(C)C)cc1. The number of benzene rings is 2. The molecule has 0 bridgehead atoms. The molecule has 178 valence electrons. The van der Waals surface area contributed by atoms with E-state index in [9.17, 15) is 14.4 Å². The first kappa shape index (κ1) is 25.7. The van der Waals surface area contributed by atoms with Crippen LogP contribution in [0.4, 0.5) is 10.5 Å². The van der Waals surface area contributed by atoms with Crippen LogP contribution in [0.15, 0.2) is 48.5 Å². The largest absolute Gasteiger partial charge is 0.483 e. The molecule has 3 amide bonds. The van der Waals surface area contributed by atoms with E-state index in [4.69, 9.17) is 9.47 Å². The maximum Gasteiger partial charge on any atom is 0.407 e. The molecule has 0 saturated carbocycles. The van der Waals surface area contributed by atoms with Gasteiger partial charge in [-0.15, -0.1) is 0 Å². The number of carbonyl (C=O) groups is 3. The molecule has 2 aromatic carbocycles. The summed E-state index contributed by atoms with van der Waals surface area (Å²) in [4.78, 5) is 35.7. The third-order valence-electron chi connectivity index (χ3n) is 4.46. The second kappa shape index (κ2) is 12.5. The molecule has 0 atom stereocenters. The minimum atomic E-state index is -0.582. The average molecular weight is 456 g/mol. The van der Waals surface area contributed by atoms with E-state index in [2.05, 4.69) is 16.0 Å². The van der Waals surface area contributed by atoms with Crippen LogP contribution in [0.25, 0.3) is 0 Å². The van der Waals surface area contributed by atoms with Crippen molar-refractivity contribution in [1.29, 1.82) is 0 Å². The van der Waals surface area contributed by atoms with Crippen molar-refractivity contribution in [3.05, 3.63) is 59.7 Å². The van der Waals surface area contributed by atoms with Gasteiger partial charge in [0, 0.05) is 25.2 Å². The molecular weight excluding hydrogens is 422 g/mol. The summed E-state index contributed by atoms with van der Waals surface area (Å²) in [6, 6.07) is 14.8. The van der Waals surface area contributed by atoms with Crippen molar-refractivity contribution in [1.82, 2.24) is 10.6 Å². The average Bonchev–Trinajstić information content (AvgIpc) is 2.76. The topological polar surface area (TPSA) is 106 Å². The molecule has 0 unspecified atom stereocenters. The van der Waals surface area contributed by atoms with E-state index >= 15 is 0 Å².